The third-order valence-corrected chi connectivity index (χ3v) is 6.64. The number of hydrogen-bond donors (Lipinski definition) is 2. The molecule has 2 aliphatic heterocycles. The summed E-state index contributed by atoms with van der Waals surface area (Å²) in [4.78, 5) is 43.4. The Morgan fingerprint density at radius 3 is 2.46 bits per heavy atom. The summed E-state index contributed by atoms with van der Waals surface area (Å²) >= 11 is 5.95. The number of rotatable bonds is 6. The molecule has 0 spiro atoms. The molecule has 4 rings (SSSR count). The number of hydrogen-bond acceptors (Lipinski definition) is 5. The number of amides is 3. The molecular formula is C25H27ClF3N5O3. The van der Waals surface area contributed by atoms with Crippen molar-refractivity contribution >= 4 is 40.7 Å². The van der Waals surface area contributed by atoms with E-state index in [0.29, 0.717) is 49.1 Å². The van der Waals surface area contributed by atoms with E-state index in [4.69, 9.17) is 11.6 Å². The van der Waals surface area contributed by atoms with E-state index in [1.807, 2.05) is 9.80 Å². The molecule has 0 aliphatic carbocycles. The molecule has 198 valence electrons. The molecule has 2 saturated heterocycles. The van der Waals surface area contributed by atoms with Gasteiger partial charge in [-0.2, -0.15) is 13.2 Å². The molecule has 0 radical (unpaired) electrons. The molecule has 2 heterocycles. The van der Waals surface area contributed by atoms with Gasteiger partial charge in [0.2, 0.25) is 17.7 Å². The third kappa shape index (κ3) is 6.92. The molecule has 12 heteroatoms. The van der Waals surface area contributed by atoms with Crippen molar-refractivity contribution in [2.75, 3.05) is 56.0 Å². The number of benzene rings is 2. The zero-order chi connectivity index (χ0) is 26.6. The van der Waals surface area contributed by atoms with Gasteiger partial charge < -0.3 is 20.4 Å². The fraction of sp³-hybridized carbons (Fsp3) is 0.400. The molecule has 0 saturated carbocycles. The van der Waals surface area contributed by atoms with Crippen LogP contribution in [-0.2, 0) is 20.6 Å². The molecule has 2 aromatic carbocycles. The lowest BCUT2D eigenvalue weighted by molar-refractivity contribution is -0.145. The van der Waals surface area contributed by atoms with E-state index in [1.165, 1.54) is 11.0 Å². The average molecular weight is 538 g/mol. The first-order valence-corrected chi connectivity index (χ1v) is 12.2. The van der Waals surface area contributed by atoms with E-state index in [-0.39, 0.29) is 25.4 Å². The molecule has 3 amide bonds. The number of halogens is 4. The minimum absolute atomic E-state index is 0.0517. The Morgan fingerprint density at radius 1 is 1.03 bits per heavy atom. The van der Waals surface area contributed by atoms with Crippen molar-refractivity contribution in [1.82, 2.24) is 15.1 Å². The van der Waals surface area contributed by atoms with Gasteiger partial charge in [-0.15, -0.1) is 0 Å². The van der Waals surface area contributed by atoms with Crippen LogP contribution in [0.3, 0.4) is 0 Å². The number of piperazine rings is 2. The van der Waals surface area contributed by atoms with Crippen LogP contribution in [-0.4, -0.2) is 79.4 Å². The number of nitrogens with zero attached hydrogens (tertiary/aromatic N) is 3. The van der Waals surface area contributed by atoms with Crippen molar-refractivity contribution in [1.29, 1.82) is 0 Å². The van der Waals surface area contributed by atoms with E-state index in [0.717, 1.165) is 12.1 Å². The maximum absolute atomic E-state index is 13.1. The Morgan fingerprint density at radius 2 is 1.76 bits per heavy atom. The summed E-state index contributed by atoms with van der Waals surface area (Å²) in [5.41, 5.74) is 0.279. The molecule has 1 unspecified atom stereocenters. The van der Waals surface area contributed by atoms with Gasteiger partial charge in [0.25, 0.3) is 0 Å². The van der Waals surface area contributed by atoms with Crippen LogP contribution in [0.1, 0.15) is 12.0 Å². The number of nitrogens with one attached hydrogen (secondary N) is 2. The molecule has 2 aromatic rings. The van der Waals surface area contributed by atoms with E-state index in [1.54, 1.807) is 30.3 Å². The van der Waals surface area contributed by atoms with E-state index < -0.39 is 29.6 Å². The van der Waals surface area contributed by atoms with Gasteiger partial charge >= 0.3 is 6.18 Å². The zero-order valence-corrected chi connectivity index (χ0v) is 20.7. The summed E-state index contributed by atoms with van der Waals surface area (Å²) in [7, 11) is 0. The number of carbonyl (C=O) groups is 3. The van der Waals surface area contributed by atoms with Crippen LogP contribution in [0.2, 0.25) is 5.02 Å². The van der Waals surface area contributed by atoms with Gasteiger partial charge in [0, 0.05) is 55.7 Å². The molecule has 0 aromatic heterocycles. The smallest absolute Gasteiger partial charge is 0.369 e. The molecule has 2 N–H and O–H groups in total. The van der Waals surface area contributed by atoms with Gasteiger partial charge in [0.05, 0.1) is 18.5 Å². The topological polar surface area (TPSA) is 85.0 Å². The number of carbonyl (C=O) groups excluding carboxylic acids is 3. The van der Waals surface area contributed by atoms with Gasteiger partial charge in [0.15, 0.2) is 0 Å². The first-order valence-electron chi connectivity index (χ1n) is 11.9. The van der Waals surface area contributed by atoms with E-state index in [9.17, 15) is 27.6 Å². The second-order valence-electron chi connectivity index (χ2n) is 8.97. The highest BCUT2D eigenvalue weighted by atomic mass is 35.5. The van der Waals surface area contributed by atoms with Crippen LogP contribution >= 0.6 is 11.6 Å². The maximum atomic E-state index is 13.1. The summed E-state index contributed by atoms with van der Waals surface area (Å²) in [6, 6.07) is 10.9. The minimum Gasteiger partial charge on any atom is -0.369 e. The van der Waals surface area contributed by atoms with Crippen LogP contribution in [0.4, 0.5) is 24.5 Å². The predicted octanol–water partition coefficient (Wildman–Crippen LogP) is 2.84. The average Bonchev–Trinajstić information content (AvgIpc) is 2.85. The monoisotopic (exact) mass is 537 g/mol. The quantitative estimate of drug-likeness (QED) is 0.592. The highest BCUT2D eigenvalue weighted by Gasteiger charge is 2.36. The van der Waals surface area contributed by atoms with Gasteiger partial charge in [0.1, 0.15) is 6.04 Å². The predicted molar refractivity (Wildman–Crippen MR) is 133 cm³/mol. The molecule has 2 fully saturated rings. The first kappa shape index (κ1) is 26.7. The molecule has 1 atom stereocenters. The fourth-order valence-electron chi connectivity index (χ4n) is 4.50. The van der Waals surface area contributed by atoms with Gasteiger partial charge in [-0.05, 0) is 36.4 Å². The zero-order valence-electron chi connectivity index (χ0n) is 19.9. The maximum Gasteiger partial charge on any atom is 0.416 e. The second-order valence-corrected chi connectivity index (χ2v) is 9.40. The SMILES string of the molecule is O=C(CC1C(=O)NCCN1C(=O)CN1CCN(c2cccc(C(F)(F)F)c2)CC1)Nc1cccc(Cl)c1. The minimum atomic E-state index is -4.41. The van der Waals surface area contributed by atoms with Gasteiger partial charge in [-0.25, -0.2) is 0 Å². The summed E-state index contributed by atoms with van der Waals surface area (Å²) < 4.78 is 39.2. The van der Waals surface area contributed by atoms with Crippen LogP contribution in [0.25, 0.3) is 0 Å². The van der Waals surface area contributed by atoms with Crippen molar-refractivity contribution in [2.24, 2.45) is 0 Å². The third-order valence-electron chi connectivity index (χ3n) is 6.41. The second kappa shape index (κ2) is 11.4. The Kier molecular flexibility index (Phi) is 8.23. The summed E-state index contributed by atoms with van der Waals surface area (Å²) in [5, 5.41) is 5.86. The van der Waals surface area contributed by atoms with Crippen molar-refractivity contribution in [3.05, 3.63) is 59.1 Å². The molecular weight excluding hydrogens is 511 g/mol. The summed E-state index contributed by atoms with van der Waals surface area (Å²) in [6.07, 6.45) is -4.61. The van der Waals surface area contributed by atoms with Crippen molar-refractivity contribution in [3.63, 3.8) is 0 Å². The lowest BCUT2D eigenvalue weighted by Gasteiger charge is -2.39. The van der Waals surface area contributed by atoms with Crippen LogP contribution < -0.4 is 15.5 Å². The van der Waals surface area contributed by atoms with Crippen molar-refractivity contribution in [2.45, 2.75) is 18.6 Å². The highest BCUT2D eigenvalue weighted by Crippen LogP contribution is 2.32. The summed E-state index contributed by atoms with van der Waals surface area (Å²) in [5.74, 6) is -1.09. The lowest BCUT2D eigenvalue weighted by Crippen LogP contribution is -2.60. The van der Waals surface area contributed by atoms with Crippen molar-refractivity contribution in [3.8, 4) is 0 Å². The molecule has 2 aliphatic rings. The highest BCUT2D eigenvalue weighted by molar-refractivity contribution is 6.30. The Labute approximate surface area is 217 Å². The number of anilines is 2. The van der Waals surface area contributed by atoms with Gasteiger partial charge in [-0.1, -0.05) is 23.7 Å². The van der Waals surface area contributed by atoms with Crippen molar-refractivity contribution < 1.29 is 27.6 Å². The molecule has 8 nitrogen and oxygen atoms in total. The van der Waals surface area contributed by atoms with Gasteiger partial charge in [-0.3, -0.25) is 19.3 Å². The largest absolute Gasteiger partial charge is 0.416 e. The lowest BCUT2D eigenvalue weighted by atomic mass is 10.1. The van der Waals surface area contributed by atoms with E-state index in [2.05, 4.69) is 10.6 Å². The Balaban J connectivity index is 1.33. The summed E-state index contributed by atoms with van der Waals surface area (Å²) in [6.45, 7) is 2.49. The standard InChI is InChI=1S/C25H27ClF3N5O3/c26-18-4-2-5-19(14-18)31-22(35)15-21-24(37)30-7-8-34(21)23(36)16-32-9-11-33(12-10-32)20-6-1-3-17(13-20)25(27,28)29/h1-6,13-14,21H,7-12,15-16H2,(H,30,37)(H,31,35). The molecule has 0 bridgehead atoms. The molecule has 37 heavy (non-hydrogen) atoms. The Hall–Kier alpha value is -3.31. The number of alkyl halides is 3. The van der Waals surface area contributed by atoms with Crippen LogP contribution in [0.5, 0.6) is 0 Å². The fourth-order valence-corrected chi connectivity index (χ4v) is 4.69. The Bertz CT molecular complexity index is 1150. The van der Waals surface area contributed by atoms with Crippen LogP contribution in [0.15, 0.2) is 48.5 Å². The normalized spacial score (nSPS) is 18.9. The first-order chi connectivity index (χ1) is 17.6. The van der Waals surface area contributed by atoms with E-state index >= 15 is 0 Å². The van der Waals surface area contributed by atoms with Crippen LogP contribution in [0, 0.1) is 0 Å².